The summed E-state index contributed by atoms with van der Waals surface area (Å²) in [7, 11) is 0. The lowest BCUT2D eigenvalue weighted by Crippen LogP contribution is -2.16. The molecule has 0 radical (unpaired) electrons. The van der Waals surface area contributed by atoms with Crippen molar-refractivity contribution in [2.24, 2.45) is 0 Å². The molecule has 8 aromatic carbocycles. The Balaban J connectivity index is 1.19. The Bertz CT molecular complexity index is 2560. The molecule has 0 heterocycles. The number of hydrogen-bond donors (Lipinski definition) is 0. The smallest absolute Gasteiger partial charge is 0.0467 e. The predicted molar refractivity (Wildman–Crippen MR) is 228 cm³/mol. The second-order valence-electron chi connectivity index (χ2n) is 14.6. The zero-order chi connectivity index (χ0) is 36.5. The van der Waals surface area contributed by atoms with Crippen LogP contribution in [0.4, 0.5) is 17.1 Å². The average molecular weight is 692 g/mol. The molecule has 0 aliphatic heterocycles. The van der Waals surface area contributed by atoms with Gasteiger partial charge in [-0.25, -0.2) is 0 Å². The van der Waals surface area contributed by atoms with Crippen LogP contribution in [0.25, 0.3) is 33.4 Å². The lowest BCUT2D eigenvalue weighted by atomic mass is 9.82. The number of benzene rings is 8. The quantitative estimate of drug-likeness (QED) is 0.143. The van der Waals surface area contributed by atoms with Crippen molar-refractivity contribution in [3.63, 3.8) is 0 Å². The van der Waals surface area contributed by atoms with E-state index in [0.717, 1.165) is 22.6 Å². The van der Waals surface area contributed by atoms with E-state index < -0.39 is 0 Å². The number of para-hydroxylation sites is 1. The molecule has 9 rings (SSSR count). The highest BCUT2D eigenvalue weighted by Gasteiger charge is 2.35. The maximum absolute atomic E-state index is 2.40. The van der Waals surface area contributed by atoms with E-state index in [9.17, 15) is 0 Å². The Labute approximate surface area is 319 Å². The molecule has 0 unspecified atom stereocenters. The molecule has 1 aliphatic carbocycles. The van der Waals surface area contributed by atoms with Gasteiger partial charge in [0.2, 0.25) is 0 Å². The fraction of sp³-hybridized carbons (Fsp3) is 0.0566. The van der Waals surface area contributed by atoms with Gasteiger partial charge < -0.3 is 4.90 Å². The molecule has 1 heteroatoms. The van der Waals surface area contributed by atoms with Gasteiger partial charge in [0.15, 0.2) is 0 Å². The van der Waals surface area contributed by atoms with Crippen LogP contribution in [0.1, 0.15) is 47.2 Å². The van der Waals surface area contributed by atoms with E-state index in [2.05, 4.69) is 231 Å². The minimum Gasteiger partial charge on any atom is -0.310 e. The van der Waals surface area contributed by atoms with E-state index >= 15 is 0 Å². The van der Waals surface area contributed by atoms with E-state index in [0.29, 0.717) is 0 Å². The van der Waals surface area contributed by atoms with Crippen LogP contribution < -0.4 is 4.90 Å². The van der Waals surface area contributed by atoms with Crippen LogP contribution in [-0.2, 0) is 5.41 Å². The molecule has 0 aromatic heterocycles. The number of hydrogen-bond acceptors (Lipinski definition) is 1. The first-order valence-corrected chi connectivity index (χ1v) is 18.8. The van der Waals surface area contributed by atoms with Crippen molar-refractivity contribution in [3.05, 3.63) is 246 Å². The van der Waals surface area contributed by atoms with Gasteiger partial charge in [0.25, 0.3) is 0 Å². The summed E-state index contributed by atoms with van der Waals surface area (Å²) in [5, 5.41) is 0. The molecule has 0 amide bonds. The summed E-state index contributed by atoms with van der Waals surface area (Å²) in [6, 6.07) is 77.0. The highest BCUT2D eigenvalue weighted by atomic mass is 15.1. The summed E-state index contributed by atoms with van der Waals surface area (Å²) in [5.41, 5.74) is 18.2. The largest absolute Gasteiger partial charge is 0.310 e. The molecule has 258 valence electrons. The first kappa shape index (κ1) is 33.2. The monoisotopic (exact) mass is 691 g/mol. The summed E-state index contributed by atoms with van der Waals surface area (Å²) in [5.74, 6) is 0. The molecule has 0 bridgehead atoms. The summed E-state index contributed by atoms with van der Waals surface area (Å²) in [6.45, 7) is 4.70. The van der Waals surface area contributed by atoms with Gasteiger partial charge >= 0.3 is 0 Å². The Morgan fingerprint density at radius 3 is 1.41 bits per heavy atom. The summed E-state index contributed by atoms with van der Waals surface area (Å²) in [4.78, 5) is 2.39. The van der Waals surface area contributed by atoms with E-state index in [4.69, 9.17) is 0 Å². The zero-order valence-corrected chi connectivity index (χ0v) is 30.7. The first-order valence-electron chi connectivity index (χ1n) is 18.8. The van der Waals surface area contributed by atoms with Crippen LogP contribution in [0.15, 0.2) is 212 Å². The summed E-state index contributed by atoms with van der Waals surface area (Å²) in [6.07, 6.45) is 0. The Hall–Kier alpha value is -6.70. The molecule has 1 aliphatic rings. The van der Waals surface area contributed by atoms with Crippen LogP contribution in [0.3, 0.4) is 0 Å². The van der Waals surface area contributed by atoms with Crippen LogP contribution >= 0.6 is 0 Å². The lowest BCUT2D eigenvalue weighted by molar-refractivity contribution is 0.660. The van der Waals surface area contributed by atoms with Crippen molar-refractivity contribution in [1.29, 1.82) is 0 Å². The van der Waals surface area contributed by atoms with Crippen LogP contribution in [0.2, 0.25) is 0 Å². The normalized spacial score (nSPS) is 12.4. The van der Waals surface area contributed by atoms with Crippen molar-refractivity contribution in [3.8, 4) is 22.3 Å². The first-order chi connectivity index (χ1) is 26.6. The molecule has 0 saturated carbocycles. The highest BCUT2D eigenvalue weighted by Crippen LogP contribution is 2.50. The van der Waals surface area contributed by atoms with Crippen molar-refractivity contribution in [2.75, 3.05) is 4.90 Å². The fourth-order valence-electron chi connectivity index (χ4n) is 8.26. The van der Waals surface area contributed by atoms with Crippen molar-refractivity contribution < 1.29 is 0 Å². The molecule has 0 N–H and O–H groups in total. The number of rotatable bonds is 8. The van der Waals surface area contributed by atoms with E-state index in [1.54, 1.807) is 0 Å². The Kier molecular flexibility index (Phi) is 8.61. The average Bonchev–Trinajstić information content (AvgIpc) is 3.47. The minimum atomic E-state index is -0.0884. The third-order valence-corrected chi connectivity index (χ3v) is 10.9. The Morgan fingerprint density at radius 2 is 0.778 bits per heavy atom. The minimum absolute atomic E-state index is 0.0884. The number of nitrogens with zero attached hydrogens (tertiary/aromatic N) is 1. The maximum Gasteiger partial charge on any atom is 0.0467 e. The molecule has 0 saturated heterocycles. The maximum atomic E-state index is 2.40. The molecule has 0 spiro atoms. The SMILES string of the molecule is CC1(C)c2ccccc2-c2ccc(N(c3ccccc3)c3cccc(-c4cccc(C(=C(c5ccccc5)c5ccccc5)c5ccccc5)c4)c3)cc21. The fourth-order valence-corrected chi connectivity index (χ4v) is 8.26. The van der Waals surface area contributed by atoms with Gasteiger partial charge in [0, 0.05) is 22.5 Å². The van der Waals surface area contributed by atoms with Crippen molar-refractivity contribution in [1.82, 2.24) is 0 Å². The molecular formula is C53H41N. The van der Waals surface area contributed by atoms with Gasteiger partial charge in [-0.3, -0.25) is 0 Å². The zero-order valence-electron chi connectivity index (χ0n) is 30.7. The number of fused-ring (bicyclic) bond motifs is 3. The van der Waals surface area contributed by atoms with Gasteiger partial charge in [-0.15, -0.1) is 0 Å². The predicted octanol–water partition coefficient (Wildman–Crippen LogP) is 14.1. The lowest BCUT2D eigenvalue weighted by Gasteiger charge is -2.28. The van der Waals surface area contributed by atoms with Crippen molar-refractivity contribution in [2.45, 2.75) is 19.3 Å². The van der Waals surface area contributed by atoms with Gasteiger partial charge in [-0.1, -0.05) is 184 Å². The Morgan fingerprint density at radius 1 is 0.333 bits per heavy atom. The molecule has 54 heavy (non-hydrogen) atoms. The summed E-state index contributed by atoms with van der Waals surface area (Å²) >= 11 is 0. The molecule has 0 atom stereocenters. The number of anilines is 3. The van der Waals surface area contributed by atoms with Gasteiger partial charge in [0.1, 0.15) is 0 Å². The second kappa shape index (κ2) is 14.0. The summed E-state index contributed by atoms with van der Waals surface area (Å²) < 4.78 is 0. The topological polar surface area (TPSA) is 3.24 Å². The van der Waals surface area contributed by atoms with E-state index in [1.165, 1.54) is 61.2 Å². The van der Waals surface area contributed by atoms with Crippen LogP contribution in [-0.4, -0.2) is 0 Å². The van der Waals surface area contributed by atoms with Gasteiger partial charge in [0.05, 0.1) is 0 Å². The standard InChI is InChI=1S/C53H41N/c1-53(2)49-32-16-15-31-47(49)48-34-33-46(37-50(48)53)54(44-28-13-6-14-29-44)45-30-18-26-42(36-45)41-25-17-27-43(35-41)52(40-23-11-5-12-24-40)51(38-19-7-3-8-20-38)39-21-9-4-10-22-39/h3-37H,1-2H3. The van der Waals surface area contributed by atoms with E-state index in [-0.39, 0.29) is 5.41 Å². The third-order valence-electron chi connectivity index (χ3n) is 10.9. The van der Waals surface area contributed by atoms with Crippen molar-refractivity contribution >= 4 is 28.2 Å². The van der Waals surface area contributed by atoms with Crippen LogP contribution in [0.5, 0.6) is 0 Å². The highest BCUT2D eigenvalue weighted by molar-refractivity contribution is 6.05. The molecule has 1 nitrogen and oxygen atoms in total. The third kappa shape index (κ3) is 6.04. The molecular weight excluding hydrogens is 651 g/mol. The second-order valence-corrected chi connectivity index (χ2v) is 14.6. The van der Waals surface area contributed by atoms with E-state index in [1.807, 2.05) is 0 Å². The van der Waals surface area contributed by atoms with Crippen LogP contribution in [0, 0.1) is 0 Å². The van der Waals surface area contributed by atoms with Gasteiger partial charge in [-0.2, -0.15) is 0 Å². The molecule has 8 aromatic rings. The molecule has 0 fully saturated rings. The van der Waals surface area contributed by atoms with Gasteiger partial charge in [-0.05, 0) is 109 Å².